The predicted octanol–water partition coefficient (Wildman–Crippen LogP) is 4.83. The topological polar surface area (TPSA) is 71.2 Å². The molecule has 7 nitrogen and oxygen atoms in total. The second kappa shape index (κ2) is 12.8. The number of H-pyrrole nitrogens is 1. The molecule has 0 saturated heterocycles. The number of hydrogen-bond acceptors (Lipinski definition) is 6. The van der Waals surface area contributed by atoms with Gasteiger partial charge in [-0.25, -0.2) is 0 Å². The van der Waals surface area contributed by atoms with Crippen LogP contribution in [0.1, 0.15) is 37.6 Å². The van der Waals surface area contributed by atoms with Gasteiger partial charge in [0.25, 0.3) is 0 Å². The number of methoxy groups -OCH3 is 2. The molecule has 1 heterocycles. The summed E-state index contributed by atoms with van der Waals surface area (Å²) in [5.41, 5.74) is 6.67. The maximum absolute atomic E-state index is 6.02. The van der Waals surface area contributed by atoms with Crippen LogP contribution < -0.4 is 4.74 Å². The fraction of sp³-hybridized carbons (Fsp3) is 0.435. The van der Waals surface area contributed by atoms with E-state index >= 15 is 0 Å². The van der Waals surface area contributed by atoms with Gasteiger partial charge >= 0.3 is 0 Å². The van der Waals surface area contributed by atoms with Crippen molar-refractivity contribution in [2.24, 2.45) is 0 Å². The van der Waals surface area contributed by atoms with Crippen molar-refractivity contribution in [3.8, 4) is 5.75 Å². The number of aromatic amines is 1. The van der Waals surface area contributed by atoms with Crippen molar-refractivity contribution in [3.63, 3.8) is 0 Å². The Hall–Kier alpha value is -2.70. The van der Waals surface area contributed by atoms with E-state index in [2.05, 4.69) is 10.7 Å². The molecule has 0 aliphatic heterocycles. The second-order valence-corrected chi connectivity index (χ2v) is 6.61. The van der Waals surface area contributed by atoms with Crippen LogP contribution in [0.5, 0.6) is 5.75 Å². The van der Waals surface area contributed by atoms with Crippen LogP contribution >= 0.6 is 0 Å². The quantitative estimate of drug-likeness (QED) is 0.218. The summed E-state index contributed by atoms with van der Waals surface area (Å²) >= 11 is 0. The van der Waals surface area contributed by atoms with E-state index in [9.17, 15) is 0 Å². The summed E-state index contributed by atoms with van der Waals surface area (Å²) in [5.74, 6) is 0.765. The van der Waals surface area contributed by atoms with Crippen molar-refractivity contribution in [2.45, 2.75) is 33.5 Å². The number of benzene rings is 1. The smallest absolute Gasteiger partial charge is 0.188 e. The molecule has 0 bridgehead atoms. The molecule has 7 heteroatoms. The lowest BCUT2D eigenvalue weighted by Crippen LogP contribution is -2.06. The molecular formula is C23H31NO6. The van der Waals surface area contributed by atoms with Gasteiger partial charge in [-0.2, -0.15) is 0 Å². The van der Waals surface area contributed by atoms with Crippen molar-refractivity contribution < 1.29 is 28.4 Å². The van der Waals surface area contributed by atoms with Gasteiger partial charge in [0.15, 0.2) is 6.79 Å². The number of nitrogens with one attached hydrogen (secondary N) is 1. The van der Waals surface area contributed by atoms with Crippen LogP contribution in [-0.4, -0.2) is 45.5 Å². The van der Waals surface area contributed by atoms with E-state index in [-0.39, 0.29) is 19.7 Å². The zero-order chi connectivity index (χ0) is 21.8. The van der Waals surface area contributed by atoms with Crippen LogP contribution in [0, 0.1) is 0 Å². The zero-order valence-electron chi connectivity index (χ0n) is 18.3. The first-order valence-electron chi connectivity index (χ1n) is 9.82. The lowest BCUT2D eigenvalue weighted by atomic mass is 10.0. The van der Waals surface area contributed by atoms with E-state index in [0.29, 0.717) is 13.2 Å². The second-order valence-electron chi connectivity index (χ2n) is 6.61. The molecule has 0 atom stereocenters. The highest BCUT2D eigenvalue weighted by Crippen LogP contribution is 2.35. The van der Waals surface area contributed by atoms with Gasteiger partial charge in [0.05, 0.1) is 36.8 Å². The van der Waals surface area contributed by atoms with Crippen molar-refractivity contribution in [2.75, 3.05) is 34.4 Å². The van der Waals surface area contributed by atoms with Gasteiger partial charge in [0, 0.05) is 31.2 Å². The fourth-order valence-corrected chi connectivity index (χ4v) is 2.87. The first-order chi connectivity index (χ1) is 14.6. The Morgan fingerprint density at radius 2 is 1.90 bits per heavy atom. The van der Waals surface area contributed by atoms with Gasteiger partial charge < -0.3 is 33.4 Å². The van der Waals surface area contributed by atoms with Crippen molar-refractivity contribution in [3.05, 3.63) is 47.2 Å². The largest absolute Gasteiger partial charge is 0.501 e. The lowest BCUT2D eigenvalue weighted by Gasteiger charge is -2.13. The Morgan fingerprint density at radius 3 is 2.60 bits per heavy atom. The minimum absolute atomic E-state index is 0.0378. The molecule has 0 saturated carbocycles. The molecule has 0 fully saturated rings. The summed E-state index contributed by atoms with van der Waals surface area (Å²) in [5, 5.41) is 0.992. The average Bonchev–Trinajstić information content (AvgIpc) is 3.08. The Kier molecular flexibility index (Phi) is 10.0. The molecule has 2 rings (SSSR count). The van der Waals surface area contributed by atoms with Gasteiger partial charge in [0.2, 0.25) is 0 Å². The fourth-order valence-electron chi connectivity index (χ4n) is 2.87. The minimum Gasteiger partial charge on any atom is -0.501 e. The Balaban J connectivity index is 2.60. The number of ether oxygens (including phenoxy) is 6. The summed E-state index contributed by atoms with van der Waals surface area (Å²) in [6, 6.07) is 3.96. The monoisotopic (exact) mass is 417 g/mol. The average molecular weight is 418 g/mol. The molecule has 0 aliphatic carbocycles. The maximum atomic E-state index is 6.02. The Labute approximate surface area is 177 Å². The highest BCUT2D eigenvalue weighted by molar-refractivity contribution is 5.98. The van der Waals surface area contributed by atoms with Crippen LogP contribution in [-0.2, 0) is 30.3 Å². The van der Waals surface area contributed by atoms with Gasteiger partial charge in [-0.05, 0) is 38.5 Å². The van der Waals surface area contributed by atoms with Crippen molar-refractivity contribution >= 4 is 23.1 Å². The minimum atomic E-state index is 0.0378. The molecule has 1 aromatic carbocycles. The third kappa shape index (κ3) is 6.68. The van der Waals surface area contributed by atoms with Gasteiger partial charge in [-0.15, -0.1) is 0 Å². The highest BCUT2D eigenvalue weighted by atomic mass is 16.7. The van der Waals surface area contributed by atoms with E-state index < -0.39 is 0 Å². The predicted molar refractivity (Wildman–Crippen MR) is 117 cm³/mol. The first kappa shape index (κ1) is 23.6. The van der Waals surface area contributed by atoms with E-state index in [1.807, 2.05) is 39.0 Å². The van der Waals surface area contributed by atoms with Crippen molar-refractivity contribution in [1.29, 1.82) is 0 Å². The Bertz CT molecular complexity index is 877. The normalized spacial score (nSPS) is 11.1. The number of rotatable bonds is 13. The summed E-state index contributed by atoms with van der Waals surface area (Å²) < 4.78 is 32.1. The van der Waals surface area contributed by atoms with Crippen LogP contribution in [0.15, 0.2) is 30.4 Å². The molecule has 164 valence electrons. The van der Waals surface area contributed by atoms with Crippen LogP contribution in [0.25, 0.3) is 23.1 Å². The molecule has 0 unspecified atom stereocenters. The molecule has 1 N–H and O–H groups in total. The van der Waals surface area contributed by atoms with Gasteiger partial charge in [-0.3, -0.25) is 0 Å². The van der Waals surface area contributed by atoms with E-state index in [1.54, 1.807) is 26.6 Å². The summed E-state index contributed by atoms with van der Waals surface area (Å²) in [6.07, 6.45) is 6.90. The van der Waals surface area contributed by atoms with Gasteiger partial charge in [0.1, 0.15) is 18.8 Å². The van der Waals surface area contributed by atoms with Gasteiger partial charge in [-0.1, -0.05) is 11.8 Å². The third-order valence-corrected chi connectivity index (χ3v) is 3.96. The van der Waals surface area contributed by atoms with Crippen LogP contribution in [0.2, 0.25) is 0 Å². The third-order valence-electron chi connectivity index (χ3n) is 3.96. The summed E-state index contributed by atoms with van der Waals surface area (Å²) in [7, 11) is 3.16. The first-order valence-corrected chi connectivity index (χ1v) is 9.82. The number of aromatic nitrogens is 1. The van der Waals surface area contributed by atoms with Crippen LogP contribution in [0.3, 0.4) is 0 Å². The number of hydrogen-bond donors (Lipinski definition) is 1. The maximum Gasteiger partial charge on any atom is 0.188 e. The standard InChI is InChI=1S/C23H31NO6/c1-6-27-13-11-19-20(8-7-12-28-15-25-4)24-23-21(30-17(2)3)10-9-18(22(19)23)14-29-16-26-5/h8-13,17,24H,6,14-16H2,1-5H3/b13-11+. The Morgan fingerprint density at radius 1 is 1.10 bits per heavy atom. The summed E-state index contributed by atoms with van der Waals surface area (Å²) in [4.78, 5) is 3.44. The van der Waals surface area contributed by atoms with E-state index in [4.69, 9.17) is 28.4 Å². The molecule has 2 aromatic rings. The number of fused-ring (bicyclic) bond motifs is 1. The highest BCUT2D eigenvalue weighted by Gasteiger charge is 2.17. The van der Waals surface area contributed by atoms with Crippen LogP contribution in [0.4, 0.5) is 0 Å². The lowest BCUT2D eigenvalue weighted by molar-refractivity contribution is -0.0387. The molecule has 0 radical (unpaired) electrons. The molecule has 0 amide bonds. The van der Waals surface area contributed by atoms with E-state index in [1.165, 1.54) is 6.26 Å². The molecule has 0 spiro atoms. The molecule has 0 aliphatic rings. The summed E-state index contributed by atoms with van der Waals surface area (Å²) in [6.45, 7) is 7.29. The SMILES string of the molecule is CCO/C=C/c1c(C=C=COCOC)[nH]c2c(OC(C)C)ccc(COCOC)c12. The van der Waals surface area contributed by atoms with Crippen molar-refractivity contribution in [1.82, 2.24) is 4.98 Å². The molecule has 30 heavy (non-hydrogen) atoms. The molecular weight excluding hydrogens is 386 g/mol. The molecule has 1 aromatic heterocycles. The van der Waals surface area contributed by atoms with E-state index in [0.717, 1.165) is 33.5 Å². The zero-order valence-corrected chi connectivity index (χ0v) is 18.3.